The van der Waals surface area contributed by atoms with E-state index in [1.165, 1.54) is 0 Å². The first-order valence-corrected chi connectivity index (χ1v) is 5.47. The molecule has 1 aromatic heterocycles. The van der Waals surface area contributed by atoms with E-state index in [0.29, 0.717) is 6.61 Å². The van der Waals surface area contributed by atoms with Crippen LogP contribution in [0.5, 0.6) is 11.5 Å². The maximum Gasteiger partial charge on any atom is 0.161 e. The second-order valence-corrected chi connectivity index (χ2v) is 3.95. The Morgan fingerprint density at radius 3 is 2.73 bits per heavy atom. The van der Waals surface area contributed by atoms with E-state index in [1.807, 2.05) is 35.7 Å². The molecule has 0 aliphatic carbocycles. The van der Waals surface area contributed by atoms with Crippen LogP contribution in [-0.2, 0) is 6.61 Å². The number of para-hydroxylation sites is 2. The maximum absolute atomic E-state index is 5.64. The fraction of sp³-hybridized carbons (Fsp3) is 0.167. The van der Waals surface area contributed by atoms with Crippen molar-refractivity contribution in [1.29, 1.82) is 0 Å². The Bertz CT molecular complexity index is 409. The van der Waals surface area contributed by atoms with E-state index in [1.54, 1.807) is 18.4 Å². The molecule has 2 aromatic rings. The van der Waals surface area contributed by atoms with E-state index in [-0.39, 0.29) is 0 Å². The van der Waals surface area contributed by atoms with E-state index in [0.717, 1.165) is 16.4 Å². The van der Waals surface area contributed by atoms with E-state index < -0.39 is 0 Å². The number of hydrogen-bond donors (Lipinski definition) is 0. The highest BCUT2D eigenvalue weighted by atomic mass is 32.1. The van der Waals surface area contributed by atoms with Crippen LogP contribution in [0.1, 0.15) is 4.88 Å². The molecule has 0 atom stereocenters. The lowest BCUT2D eigenvalue weighted by atomic mass is 10.3. The fourth-order valence-corrected chi connectivity index (χ4v) is 1.78. The van der Waals surface area contributed by atoms with Crippen molar-refractivity contribution in [1.82, 2.24) is 0 Å². The van der Waals surface area contributed by atoms with Gasteiger partial charge < -0.3 is 9.47 Å². The number of thiophene rings is 1. The summed E-state index contributed by atoms with van der Waals surface area (Å²) in [6, 6.07) is 12.6. The third-order valence-corrected chi connectivity index (χ3v) is 2.75. The van der Waals surface area contributed by atoms with E-state index in [9.17, 15) is 0 Å². The van der Waals surface area contributed by atoms with Gasteiger partial charge in [0.1, 0.15) is 6.61 Å². The lowest BCUT2D eigenvalue weighted by molar-refractivity contribution is 0.287. The summed E-state index contributed by atoms with van der Waals surface area (Å²) in [6.45, 7) is 0.564. The van der Waals surface area contributed by atoms with Crippen molar-refractivity contribution >= 4 is 11.3 Å². The summed E-state index contributed by atoms with van der Waals surface area (Å²) >= 11 is 1.63. The summed E-state index contributed by atoms with van der Waals surface area (Å²) in [7, 11) is 1.64. The third kappa shape index (κ3) is 2.50. The van der Waals surface area contributed by atoms with Crippen LogP contribution < -0.4 is 9.47 Å². The van der Waals surface area contributed by atoms with Crippen molar-refractivity contribution in [3.05, 3.63) is 46.7 Å². The summed E-state index contributed by atoms with van der Waals surface area (Å²) < 4.78 is 10.8. The number of benzene rings is 1. The molecule has 0 spiro atoms. The molecule has 2 rings (SSSR count). The molecular weight excluding hydrogens is 208 g/mol. The van der Waals surface area contributed by atoms with Crippen LogP contribution in [0.4, 0.5) is 0 Å². The third-order valence-electron chi connectivity index (χ3n) is 1.96. The van der Waals surface area contributed by atoms with Crippen LogP contribution in [-0.4, -0.2) is 7.11 Å². The van der Waals surface area contributed by atoms with Crippen LogP contribution in [0.3, 0.4) is 0 Å². The molecular formula is C12H11O2S. The van der Waals surface area contributed by atoms with Gasteiger partial charge in [0.2, 0.25) is 0 Å². The van der Waals surface area contributed by atoms with Crippen LogP contribution in [0.15, 0.2) is 35.7 Å². The molecule has 0 amide bonds. The van der Waals surface area contributed by atoms with Gasteiger partial charge >= 0.3 is 0 Å². The predicted octanol–water partition coefficient (Wildman–Crippen LogP) is 3.14. The number of methoxy groups -OCH3 is 1. The molecule has 77 valence electrons. The highest BCUT2D eigenvalue weighted by molar-refractivity contribution is 7.09. The zero-order chi connectivity index (χ0) is 10.5. The van der Waals surface area contributed by atoms with Crippen molar-refractivity contribution in [2.24, 2.45) is 0 Å². The Morgan fingerprint density at radius 2 is 2.07 bits per heavy atom. The molecule has 0 bridgehead atoms. The second kappa shape index (κ2) is 4.84. The number of rotatable bonds is 4. The molecule has 1 heterocycles. The smallest absolute Gasteiger partial charge is 0.161 e. The normalized spacial score (nSPS) is 9.93. The largest absolute Gasteiger partial charge is 0.493 e. The first-order chi connectivity index (χ1) is 7.40. The quantitative estimate of drug-likeness (QED) is 0.786. The summed E-state index contributed by atoms with van der Waals surface area (Å²) in [5, 5.41) is 1.92. The van der Waals surface area contributed by atoms with E-state index in [4.69, 9.17) is 9.47 Å². The van der Waals surface area contributed by atoms with Gasteiger partial charge in [-0.05, 0) is 29.6 Å². The van der Waals surface area contributed by atoms with Gasteiger partial charge in [0.25, 0.3) is 0 Å². The van der Waals surface area contributed by atoms with Crippen LogP contribution >= 0.6 is 11.3 Å². The molecule has 1 aromatic carbocycles. The van der Waals surface area contributed by atoms with Gasteiger partial charge in [0, 0.05) is 4.88 Å². The average Bonchev–Trinajstić information content (AvgIpc) is 2.79. The maximum atomic E-state index is 5.64. The van der Waals surface area contributed by atoms with Gasteiger partial charge in [-0.2, -0.15) is 0 Å². The van der Waals surface area contributed by atoms with Crippen molar-refractivity contribution < 1.29 is 9.47 Å². The topological polar surface area (TPSA) is 18.5 Å². The first-order valence-electron chi connectivity index (χ1n) is 4.59. The SMILES string of the molecule is COc1ccccc1OCc1c[c]cs1. The lowest BCUT2D eigenvalue weighted by Gasteiger charge is -2.08. The van der Waals surface area contributed by atoms with Crippen molar-refractivity contribution in [2.45, 2.75) is 6.61 Å². The van der Waals surface area contributed by atoms with Gasteiger partial charge in [0.05, 0.1) is 7.11 Å². The van der Waals surface area contributed by atoms with Crippen LogP contribution in [0.25, 0.3) is 0 Å². The van der Waals surface area contributed by atoms with Crippen LogP contribution in [0.2, 0.25) is 0 Å². The summed E-state index contributed by atoms with van der Waals surface area (Å²) in [5.74, 6) is 1.53. The number of hydrogen-bond acceptors (Lipinski definition) is 3. The molecule has 0 N–H and O–H groups in total. The molecule has 0 fully saturated rings. The van der Waals surface area contributed by atoms with Gasteiger partial charge in [-0.25, -0.2) is 0 Å². The predicted molar refractivity (Wildman–Crippen MR) is 60.5 cm³/mol. The zero-order valence-electron chi connectivity index (χ0n) is 8.40. The van der Waals surface area contributed by atoms with Gasteiger partial charge in [-0.3, -0.25) is 0 Å². The Kier molecular flexibility index (Phi) is 3.25. The standard InChI is InChI=1S/C12H11O2S/c1-13-11-6-2-3-7-12(11)14-9-10-5-4-8-15-10/h2-3,5-8H,9H2,1H3. The van der Waals surface area contributed by atoms with E-state index >= 15 is 0 Å². The zero-order valence-corrected chi connectivity index (χ0v) is 9.21. The van der Waals surface area contributed by atoms with Crippen molar-refractivity contribution in [3.8, 4) is 11.5 Å². The molecule has 1 radical (unpaired) electrons. The highest BCUT2D eigenvalue weighted by Crippen LogP contribution is 2.26. The van der Waals surface area contributed by atoms with Gasteiger partial charge in [-0.1, -0.05) is 12.1 Å². The Balaban J connectivity index is 2.04. The monoisotopic (exact) mass is 219 g/mol. The minimum Gasteiger partial charge on any atom is -0.493 e. The van der Waals surface area contributed by atoms with E-state index in [2.05, 4.69) is 6.07 Å². The Hall–Kier alpha value is -1.48. The second-order valence-electron chi connectivity index (χ2n) is 2.95. The molecule has 3 heteroatoms. The van der Waals surface area contributed by atoms with Crippen LogP contribution in [0, 0.1) is 6.07 Å². The fourth-order valence-electron chi connectivity index (χ4n) is 1.23. The minimum absolute atomic E-state index is 0.564. The van der Waals surface area contributed by atoms with Crippen molar-refractivity contribution in [3.63, 3.8) is 0 Å². The summed E-state index contributed by atoms with van der Waals surface area (Å²) in [4.78, 5) is 1.15. The first kappa shape index (κ1) is 10.1. The Labute approximate surface area is 93.1 Å². The molecule has 0 aliphatic rings. The molecule has 0 unspecified atom stereocenters. The molecule has 15 heavy (non-hydrogen) atoms. The molecule has 0 aliphatic heterocycles. The van der Waals surface area contributed by atoms with Gasteiger partial charge in [-0.15, -0.1) is 11.3 Å². The summed E-state index contributed by atoms with van der Waals surface area (Å²) in [6.07, 6.45) is 0. The minimum atomic E-state index is 0.564. The Morgan fingerprint density at radius 1 is 1.27 bits per heavy atom. The van der Waals surface area contributed by atoms with Crippen molar-refractivity contribution in [2.75, 3.05) is 7.11 Å². The highest BCUT2D eigenvalue weighted by Gasteiger charge is 2.02. The van der Waals surface area contributed by atoms with Gasteiger partial charge in [0.15, 0.2) is 11.5 Å². The lowest BCUT2D eigenvalue weighted by Crippen LogP contribution is -1.95. The molecule has 2 nitrogen and oxygen atoms in total. The number of ether oxygens (including phenoxy) is 2. The molecule has 0 saturated heterocycles. The summed E-state index contributed by atoms with van der Waals surface area (Å²) in [5.41, 5.74) is 0. The molecule has 0 saturated carbocycles. The average molecular weight is 219 g/mol.